The first-order chi connectivity index (χ1) is 11.0. The van der Waals surface area contributed by atoms with Gasteiger partial charge in [-0.25, -0.2) is 0 Å². The van der Waals surface area contributed by atoms with E-state index in [0.717, 1.165) is 5.75 Å². The van der Waals surface area contributed by atoms with Crippen LogP contribution < -0.4 is 5.73 Å². The van der Waals surface area contributed by atoms with Gasteiger partial charge >= 0.3 is 153 Å². The number of carbonyl (C=O) groups excluding carboxylic acids is 1. The van der Waals surface area contributed by atoms with Crippen molar-refractivity contribution in [3.63, 3.8) is 0 Å². The Morgan fingerprint density at radius 2 is 1.48 bits per heavy atom. The normalized spacial score (nSPS) is 13.1. The van der Waals surface area contributed by atoms with E-state index in [1.54, 1.807) is 0 Å². The Balaban J connectivity index is 4.59. The summed E-state index contributed by atoms with van der Waals surface area (Å²) in [6.45, 7) is 9.17. The van der Waals surface area contributed by atoms with Crippen LogP contribution in [0.4, 0.5) is 0 Å². The standard InChI is InChI=1S/C6H12NO2S.3C4H9.Sn/c1-3-9-6(8)5(7)4-10-2;3*1-3-4-2;/h5H,2-4,7H2,1H3;3*1,3-4H2,2H3;. The van der Waals surface area contributed by atoms with Crippen molar-refractivity contribution in [2.75, 3.05) is 16.1 Å². The molecule has 0 aliphatic carbocycles. The zero-order valence-electron chi connectivity index (χ0n) is 15.9. The van der Waals surface area contributed by atoms with Gasteiger partial charge < -0.3 is 0 Å². The Morgan fingerprint density at radius 1 is 1.00 bits per heavy atom. The van der Waals surface area contributed by atoms with Gasteiger partial charge in [0.1, 0.15) is 0 Å². The first kappa shape index (κ1) is 23.6. The Labute approximate surface area is 152 Å². The van der Waals surface area contributed by atoms with Gasteiger partial charge in [0.05, 0.1) is 0 Å². The molecule has 0 amide bonds. The fourth-order valence-corrected chi connectivity index (χ4v) is 24.4. The predicted octanol–water partition coefficient (Wildman–Crippen LogP) is 5.00. The van der Waals surface area contributed by atoms with Gasteiger partial charge in [0.2, 0.25) is 0 Å². The number of esters is 1. The molecule has 0 spiro atoms. The van der Waals surface area contributed by atoms with Gasteiger partial charge in [-0.1, -0.05) is 0 Å². The van der Waals surface area contributed by atoms with Crippen LogP contribution in [0.2, 0.25) is 13.3 Å². The minimum absolute atomic E-state index is 0.239. The summed E-state index contributed by atoms with van der Waals surface area (Å²) in [7, 11) is 0. The second-order valence-corrected chi connectivity index (χ2v) is 23.0. The van der Waals surface area contributed by atoms with E-state index in [0.29, 0.717) is 6.61 Å². The number of hydrogen-bond acceptors (Lipinski definition) is 4. The van der Waals surface area contributed by atoms with E-state index in [1.807, 2.05) is 18.7 Å². The molecule has 0 aliphatic rings. The molecule has 3 nitrogen and oxygen atoms in total. The zero-order valence-corrected chi connectivity index (χ0v) is 19.5. The van der Waals surface area contributed by atoms with Crippen LogP contribution in [0.15, 0.2) is 0 Å². The minimum atomic E-state index is -2.07. The van der Waals surface area contributed by atoms with Gasteiger partial charge in [-0.3, -0.25) is 0 Å². The SMILES string of the molecule is CCC[CH2][Sn]([CH2]CCC)([CH2]CCC)[CH2]SCC(N)C(=O)OCC. The van der Waals surface area contributed by atoms with Crippen LogP contribution in [0.3, 0.4) is 0 Å². The summed E-state index contributed by atoms with van der Waals surface area (Å²) < 4.78 is 10.9. The summed E-state index contributed by atoms with van der Waals surface area (Å²) in [5.41, 5.74) is 5.96. The second kappa shape index (κ2) is 14.9. The summed E-state index contributed by atoms with van der Waals surface area (Å²) in [5.74, 6) is 0.485. The molecule has 0 bridgehead atoms. The molecule has 0 fully saturated rings. The first-order valence-corrected chi connectivity index (χ1v) is 18.8. The van der Waals surface area contributed by atoms with Gasteiger partial charge in [0.15, 0.2) is 0 Å². The van der Waals surface area contributed by atoms with Crippen LogP contribution >= 0.6 is 11.8 Å². The number of nitrogens with two attached hydrogens (primary N) is 1. The van der Waals surface area contributed by atoms with Crippen molar-refractivity contribution in [3.8, 4) is 0 Å². The van der Waals surface area contributed by atoms with E-state index in [9.17, 15) is 4.79 Å². The predicted molar refractivity (Wildman–Crippen MR) is 107 cm³/mol. The first-order valence-electron chi connectivity index (χ1n) is 9.55. The molecule has 23 heavy (non-hydrogen) atoms. The van der Waals surface area contributed by atoms with Crippen LogP contribution in [0.5, 0.6) is 0 Å². The molecule has 0 saturated heterocycles. The van der Waals surface area contributed by atoms with Gasteiger partial charge in [0.25, 0.3) is 0 Å². The summed E-state index contributed by atoms with van der Waals surface area (Å²) in [4.78, 5) is 11.7. The van der Waals surface area contributed by atoms with Gasteiger partial charge in [0, 0.05) is 0 Å². The van der Waals surface area contributed by atoms with Crippen LogP contribution in [0, 0.1) is 0 Å². The monoisotopic (exact) mass is 453 g/mol. The molecule has 0 aromatic carbocycles. The maximum atomic E-state index is 11.7. The number of ether oxygens (including phenoxy) is 1. The van der Waals surface area contributed by atoms with Crippen molar-refractivity contribution < 1.29 is 9.53 Å². The Bertz CT molecular complexity index is 281. The van der Waals surface area contributed by atoms with Gasteiger partial charge in [-0.2, -0.15) is 0 Å². The molecule has 0 aromatic heterocycles. The number of thioether (sulfide) groups is 1. The van der Waals surface area contributed by atoms with Crippen LogP contribution in [-0.2, 0) is 9.53 Å². The van der Waals surface area contributed by atoms with E-state index >= 15 is 0 Å². The average Bonchev–Trinajstić information content (AvgIpc) is 2.55. The van der Waals surface area contributed by atoms with E-state index < -0.39 is 24.4 Å². The number of carbonyl (C=O) groups is 1. The van der Waals surface area contributed by atoms with Gasteiger partial charge in [-0.05, 0) is 0 Å². The van der Waals surface area contributed by atoms with E-state index in [1.165, 1.54) is 55.6 Å². The summed E-state index contributed by atoms with van der Waals surface area (Å²) >= 11 is -0.129. The molecule has 2 N–H and O–H groups in total. The summed E-state index contributed by atoms with van der Waals surface area (Å²) in [6.07, 6.45) is 8.12. The molecule has 0 aliphatic heterocycles. The molecule has 138 valence electrons. The number of unbranched alkanes of at least 4 members (excludes halogenated alkanes) is 3. The fraction of sp³-hybridized carbons (Fsp3) is 0.944. The zero-order chi connectivity index (χ0) is 17.6. The molecular weight excluding hydrogens is 413 g/mol. The molecule has 1 atom stereocenters. The third-order valence-electron chi connectivity index (χ3n) is 4.48. The molecule has 0 aromatic rings. The van der Waals surface area contributed by atoms with Crippen LogP contribution in [0.1, 0.15) is 66.2 Å². The van der Waals surface area contributed by atoms with E-state index in [-0.39, 0.29) is 5.97 Å². The third-order valence-corrected chi connectivity index (χ3v) is 25.0. The Kier molecular flexibility index (Phi) is 15.3. The van der Waals surface area contributed by atoms with Crippen molar-refractivity contribution in [1.82, 2.24) is 0 Å². The number of rotatable bonds is 15. The van der Waals surface area contributed by atoms with Crippen molar-refractivity contribution in [2.24, 2.45) is 5.73 Å². The molecular formula is C18H39NO2SSn. The Morgan fingerprint density at radius 3 is 1.87 bits per heavy atom. The van der Waals surface area contributed by atoms with Gasteiger partial charge in [-0.15, -0.1) is 0 Å². The summed E-state index contributed by atoms with van der Waals surface area (Å²) in [5, 5.41) is 0. The quantitative estimate of drug-likeness (QED) is 0.281. The maximum absolute atomic E-state index is 11.7. The average molecular weight is 452 g/mol. The topological polar surface area (TPSA) is 52.3 Å². The second-order valence-electron chi connectivity index (χ2n) is 6.68. The molecule has 0 saturated carbocycles. The van der Waals surface area contributed by atoms with Crippen molar-refractivity contribution in [3.05, 3.63) is 0 Å². The molecule has 0 radical (unpaired) electrons. The van der Waals surface area contributed by atoms with Crippen LogP contribution in [0.25, 0.3) is 0 Å². The van der Waals surface area contributed by atoms with Crippen molar-refractivity contribution >= 4 is 36.1 Å². The van der Waals surface area contributed by atoms with Crippen molar-refractivity contribution in [1.29, 1.82) is 0 Å². The molecule has 1 unspecified atom stereocenters. The van der Waals surface area contributed by atoms with Crippen molar-refractivity contribution in [2.45, 2.75) is 85.6 Å². The third kappa shape index (κ3) is 10.9. The molecule has 5 heteroatoms. The molecule has 0 heterocycles. The number of hydrogen-bond donors (Lipinski definition) is 1. The molecule has 0 rings (SSSR count). The Hall–Kier alpha value is 0.579. The van der Waals surface area contributed by atoms with E-state index in [4.69, 9.17) is 10.5 Å². The fourth-order valence-electron chi connectivity index (χ4n) is 2.97. The summed E-state index contributed by atoms with van der Waals surface area (Å²) in [6, 6.07) is -0.451. The van der Waals surface area contributed by atoms with Crippen LogP contribution in [-0.4, -0.2) is 46.5 Å². The van der Waals surface area contributed by atoms with E-state index in [2.05, 4.69) is 20.8 Å².